The van der Waals surface area contributed by atoms with Crippen LogP contribution in [0.25, 0.3) is 0 Å². The third kappa shape index (κ3) is 4.27. The monoisotopic (exact) mass is 572 g/mol. The molecule has 0 bridgehead atoms. The number of imide groups is 1. The number of carbonyl (C=O) groups is 2. The second-order valence-corrected chi connectivity index (χ2v) is 13.1. The van der Waals surface area contributed by atoms with Crippen LogP contribution in [0.3, 0.4) is 0 Å². The Labute approximate surface area is 221 Å². The minimum absolute atomic E-state index is 0.0102. The van der Waals surface area contributed by atoms with Gasteiger partial charge in [0.2, 0.25) is 0 Å². The molecule has 5 rings (SSSR count). The Bertz CT molecular complexity index is 1330. The van der Waals surface area contributed by atoms with Crippen molar-refractivity contribution in [2.45, 2.75) is 53.8 Å². The van der Waals surface area contributed by atoms with Crippen LogP contribution in [0.15, 0.2) is 46.0 Å². The highest BCUT2D eigenvalue weighted by Gasteiger charge is 2.57. The van der Waals surface area contributed by atoms with Crippen LogP contribution in [0, 0.1) is 0 Å². The summed E-state index contributed by atoms with van der Waals surface area (Å²) < 4.78 is 68.0. The molecule has 14 heteroatoms. The molecule has 3 aliphatic rings. The van der Waals surface area contributed by atoms with Gasteiger partial charge in [-0.25, -0.2) is 13.2 Å². The van der Waals surface area contributed by atoms with E-state index >= 15 is 0 Å². The maximum atomic E-state index is 13.3. The molecular formula is C24H27F3N4O5S2. The van der Waals surface area contributed by atoms with Crippen molar-refractivity contribution in [3.8, 4) is 0 Å². The summed E-state index contributed by atoms with van der Waals surface area (Å²) in [6.45, 7) is 1.07. The zero-order valence-corrected chi connectivity index (χ0v) is 22.1. The van der Waals surface area contributed by atoms with E-state index in [2.05, 4.69) is 5.32 Å². The van der Waals surface area contributed by atoms with E-state index in [1.807, 2.05) is 4.90 Å². The minimum Gasteiger partial charge on any atom is -0.376 e. The van der Waals surface area contributed by atoms with Crippen LogP contribution in [0.4, 0.5) is 23.7 Å². The first-order valence-corrected chi connectivity index (χ1v) is 14.4. The number of urea groups is 1. The maximum Gasteiger partial charge on any atom is 0.421 e. The Morgan fingerprint density at radius 3 is 2.37 bits per heavy atom. The molecule has 0 radical (unpaired) electrons. The van der Waals surface area contributed by atoms with Gasteiger partial charge in [-0.2, -0.15) is 17.5 Å². The number of hydrogen-bond acceptors (Lipinski definition) is 7. The van der Waals surface area contributed by atoms with E-state index in [0.717, 1.165) is 17.8 Å². The number of thiophene rings is 1. The normalized spacial score (nSPS) is 23.9. The van der Waals surface area contributed by atoms with E-state index < -0.39 is 39.4 Å². The fraction of sp³-hybridized carbons (Fsp3) is 0.500. The Balaban J connectivity index is 1.46. The Morgan fingerprint density at radius 1 is 1.13 bits per heavy atom. The summed E-state index contributed by atoms with van der Waals surface area (Å²) in [7, 11) is -3.80. The number of alkyl halides is 3. The highest BCUT2D eigenvalue weighted by molar-refractivity contribution is 7.91. The van der Waals surface area contributed by atoms with Crippen LogP contribution in [0.2, 0.25) is 0 Å². The average Bonchev–Trinajstić information content (AvgIpc) is 3.45. The number of amides is 3. The number of piperazine rings is 1. The lowest BCUT2D eigenvalue weighted by atomic mass is 9.75. The number of benzene rings is 1. The van der Waals surface area contributed by atoms with E-state index in [-0.39, 0.29) is 41.9 Å². The van der Waals surface area contributed by atoms with E-state index in [1.165, 1.54) is 39.5 Å². The number of carbonyl (C=O) groups excluding carboxylic acids is 2. The first-order chi connectivity index (χ1) is 17.8. The summed E-state index contributed by atoms with van der Waals surface area (Å²) in [5.74, 6) is -0.363. The maximum absolute atomic E-state index is 13.3. The summed E-state index contributed by atoms with van der Waals surface area (Å²) in [6, 6.07) is 7.31. The molecule has 206 valence electrons. The first kappa shape index (κ1) is 26.9. The number of halogens is 3. The number of sulfonamides is 1. The smallest absolute Gasteiger partial charge is 0.376 e. The van der Waals surface area contributed by atoms with Crippen LogP contribution in [0.1, 0.15) is 31.7 Å². The first-order valence-electron chi connectivity index (χ1n) is 12.1. The van der Waals surface area contributed by atoms with Crippen LogP contribution in [-0.4, -0.2) is 78.6 Å². The molecule has 3 heterocycles. The highest BCUT2D eigenvalue weighted by Crippen LogP contribution is 2.42. The van der Waals surface area contributed by atoms with Crippen molar-refractivity contribution in [2.24, 2.45) is 0 Å². The van der Waals surface area contributed by atoms with Crippen molar-refractivity contribution in [1.29, 1.82) is 0 Å². The van der Waals surface area contributed by atoms with Crippen LogP contribution in [-0.2, 0) is 20.4 Å². The van der Waals surface area contributed by atoms with E-state index in [4.69, 9.17) is 0 Å². The molecule has 1 spiro atoms. The molecule has 1 saturated carbocycles. The van der Waals surface area contributed by atoms with Gasteiger partial charge in [-0.3, -0.25) is 10.1 Å². The molecular weight excluding hydrogens is 545 g/mol. The molecule has 1 aromatic carbocycles. The lowest BCUT2D eigenvalue weighted by Gasteiger charge is -2.48. The van der Waals surface area contributed by atoms with Crippen LogP contribution >= 0.6 is 11.3 Å². The molecule has 3 fully saturated rings. The predicted molar refractivity (Wildman–Crippen MR) is 133 cm³/mol. The number of nitrogens with zero attached hydrogens (tertiary/aromatic N) is 3. The second-order valence-electron chi connectivity index (χ2n) is 10.0. The summed E-state index contributed by atoms with van der Waals surface area (Å²) in [5, 5.41) is 14.1. The van der Waals surface area contributed by atoms with Gasteiger partial charge in [0.1, 0.15) is 9.75 Å². The molecule has 9 nitrogen and oxygen atoms in total. The van der Waals surface area contributed by atoms with Gasteiger partial charge in [0.25, 0.3) is 15.9 Å². The lowest BCUT2D eigenvalue weighted by molar-refractivity contribution is -0.258. The molecule has 1 aliphatic carbocycles. The topological polar surface area (TPSA) is 110 Å². The SMILES string of the molecule is C[C@](O)(c1ccc(N2CCN(S(=O)(=O)c3cccs3)C[C@@H]2CN2C(=O)NC(=O)C23CCC3)cc1)C(F)(F)F. The van der Waals surface area contributed by atoms with Crippen molar-refractivity contribution in [3.63, 3.8) is 0 Å². The largest absolute Gasteiger partial charge is 0.421 e. The van der Waals surface area contributed by atoms with E-state index in [0.29, 0.717) is 25.5 Å². The number of rotatable bonds is 6. The van der Waals surface area contributed by atoms with Crippen molar-refractivity contribution < 1.29 is 36.3 Å². The molecule has 38 heavy (non-hydrogen) atoms. The number of nitrogens with one attached hydrogen (secondary N) is 1. The molecule has 2 aliphatic heterocycles. The third-order valence-electron chi connectivity index (χ3n) is 7.83. The standard InChI is InChI=1S/C24H27F3N4O5S2/c1-22(34,24(25,26)27)16-5-7-17(8-6-16)30-12-11-29(38(35,36)19-4-2-13-37-19)14-18(30)15-31-21(33)28-20(32)23(31)9-3-10-23/h2,4-8,13,18,34H,3,9-12,14-15H2,1H3,(H,28,32,33)/t18-,22+/m1/s1. The fourth-order valence-electron chi connectivity index (χ4n) is 5.29. The van der Waals surface area contributed by atoms with Crippen molar-refractivity contribution >= 4 is 39.0 Å². The van der Waals surface area contributed by atoms with Crippen LogP contribution < -0.4 is 10.2 Å². The van der Waals surface area contributed by atoms with Crippen molar-refractivity contribution in [2.75, 3.05) is 31.1 Å². The van der Waals surface area contributed by atoms with Gasteiger partial charge in [0.15, 0.2) is 5.60 Å². The summed E-state index contributed by atoms with van der Waals surface area (Å²) in [5.41, 5.74) is -3.81. The quantitative estimate of drug-likeness (QED) is 0.516. The summed E-state index contributed by atoms with van der Waals surface area (Å²) >= 11 is 1.10. The summed E-state index contributed by atoms with van der Waals surface area (Å²) in [4.78, 5) is 28.6. The molecule has 2 aromatic rings. The Hall–Kier alpha value is -2.68. The predicted octanol–water partition coefficient (Wildman–Crippen LogP) is 2.87. The highest BCUT2D eigenvalue weighted by atomic mass is 32.2. The minimum atomic E-state index is -4.87. The van der Waals surface area contributed by atoms with Gasteiger partial charge in [-0.05, 0) is 55.3 Å². The molecule has 1 aromatic heterocycles. The van der Waals surface area contributed by atoms with Crippen molar-refractivity contribution in [3.05, 3.63) is 47.3 Å². The number of anilines is 1. The average molecular weight is 573 g/mol. The van der Waals surface area contributed by atoms with Crippen LogP contribution in [0.5, 0.6) is 0 Å². The third-order valence-corrected chi connectivity index (χ3v) is 11.1. The number of aliphatic hydroxyl groups is 1. The van der Waals surface area contributed by atoms with E-state index in [1.54, 1.807) is 11.4 Å². The van der Waals surface area contributed by atoms with Gasteiger partial charge in [0, 0.05) is 31.9 Å². The Morgan fingerprint density at radius 2 is 1.82 bits per heavy atom. The zero-order chi connectivity index (χ0) is 27.5. The van der Waals surface area contributed by atoms with Gasteiger partial charge in [-0.15, -0.1) is 11.3 Å². The van der Waals surface area contributed by atoms with Gasteiger partial charge < -0.3 is 14.9 Å². The molecule has 2 N–H and O–H groups in total. The molecule has 2 saturated heterocycles. The second kappa shape index (κ2) is 9.21. The molecule has 3 amide bonds. The summed E-state index contributed by atoms with van der Waals surface area (Å²) in [6.07, 6.45) is -3.07. The fourth-order valence-corrected chi connectivity index (χ4v) is 7.91. The van der Waals surface area contributed by atoms with Crippen molar-refractivity contribution in [1.82, 2.24) is 14.5 Å². The van der Waals surface area contributed by atoms with Gasteiger partial charge >= 0.3 is 12.2 Å². The van der Waals surface area contributed by atoms with Gasteiger partial charge in [0.05, 0.1) is 6.04 Å². The van der Waals surface area contributed by atoms with E-state index in [9.17, 15) is 36.3 Å². The van der Waals surface area contributed by atoms with Gasteiger partial charge in [-0.1, -0.05) is 18.2 Å². The lowest BCUT2D eigenvalue weighted by Crippen LogP contribution is -2.62. The molecule has 0 unspecified atom stereocenters. The Kier molecular flexibility index (Phi) is 6.52. The number of hydrogen-bond donors (Lipinski definition) is 2. The zero-order valence-electron chi connectivity index (χ0n) is 20.4. The molecule has 2 atom stereocenters.